The highest BCUT2D eigenvalue weighted by Crippen LogP contribution is 2.33. The smallest absolute Gasteiger partial charge is 0.129 e. The summed E-state index contributed by atoms with van der Waals surface area (Å²) in [5, 5.41) is 28.5. The van der Waals surface area contributed by atoms with Gasteiger partial charge in [-0.25, -0.2) is 8.78 Å². The third kappa shape index (κ3) is 6.03. The number of benzene rings is 3. The lowest BCUT2D eigenvalue weighted by Gasteiger charge is -2.47. The molecule has 0 bridgehead atoms. The van der Waals surface area contributed by atoms with Gasteiger partial charge < -0.3 is 20.2 Å². The molecule has 0 saturated carbocycles. The van der Waals surface area contributed by atoms with E-state index in [1.54, 1.807) is 36.4 Å². The highest BCUT2D eigenvalue weighted by Gasteiger charge is 2.36. The van der Waals surface area contributed by atoms with Crippen LogP contribution < -0.4 is 4.90 Å². The summed E-state index contributed by atoms with van der Waals surface area (Å²) in [6.07, 6.45) is 1.16. The normalized spacial score (nSPS) is 18.5. The molecule has 31 heavy (non-hydrogen) atoms. The summed E-state index contributed by atoms with van der Waals surface area (Å²) in [5.74, 6) is -0.298. The van der Waals surface area contributed by atoms with Gasteiger partial charge in [-0.15, -0.1) is 0 Å². The van der Waals surface area contributed by atoms with Crippen LogP contribution in [-0.2, 0) is 6.42 Å². The van der Waals surface area contributed by atoms with E-state index in [0.29, 0.717) is 12.8 Å². The Kier molecular flexibility index (Phi) is 7.60. The van der Waals surface area contributed by atoms with Crippen LogP contribution in [-0.4, -0.2) is 27.6 Å². The molecule has 3 aromatic carbocycles. The second-order valence-corrected chi connectivity index (χ2v) is 7.60. The molecule has 0 radical (unpaired) electrons. The summed E-state index contributed by atoms with van der Waals surface area (Å²) >= 11 is 0. The van der Waals surface area contributed by atoms with Crippen LogP contribution in [0.15, 0.2) is 72.8 Å². The SMILES string of the molecule is CC[C@H](O)c1ccc(F)cc1.Oc1ccc(CC2CC(O)N2c2ccc(F)cc2)cc1. The van der Waals surface area contributed by atoms with Crippen LogP contribution in [0.5, 0.6) is 5.75 Å². The average molecular weight is 427 g/mol. The van der Waals surface area contributed by atoms with E-state index in [1.807, 2.05) is 24.0 Å². The van der Waals surface area contributed by atoms with Gasteiger partial charge in [0, 0.05) is 18.2 Å². The van der Waals surface area contributed by atoms with Crippen molar-refractivity contribution in [2.45, 2.75) is 44.6 Å². The molecule has 3 N–H and O–H groups in total. The summed E-state index contributed by atoms with van der Waals surface area (Å²) in [5.41, 5.74) is 2.70. The summed E-state index contributed by atoms with van der Waals surface area (Å²) < 4.78 is 25.3. The van der Waals surface area contributed by atoms with Gasteiger partial charge in [0.1, 0.15) is 23.6 Å². The third-order valence-corrected chi connectivity index (χ3v) is 5.37. The number of phenolic OH excluding ortho intramolecular Hbond substituents is 1. The molecule has 4 nitrogen and oxygen atoms in total. The Morgan fingerprint density at radius 1 is 0.903 bits per heavy atom. The van der Waals surface area contributed by atoms with Gasteiger partial charge in [0.15, 0.2) is 0 Å². The number of aliphatic hydroxyl groups excluding tert-OH is 2. The number of hydrogen-bond acceptors (Lipinski definition) is 4. The molecule has 2 unspecified atom stereocenters. The number of halogens is 2. The predicted molar refractivity (Wildman–Crippen MR) is 117 cm³/mol. The van der Waals surface area contributed by atoms with Gasteiger partial charge in [-0.3, -0.25) is 0 Å². The minimum Gasteiger partial charge on any atom is -0.508 e. The fourth-order valence-corrected chi connectivity index (χ4v) is 3.58. The summed E-state index contributed by atoms with van der Waals surface area (Å²) in [6, 6.07) is 19.3. The van der Waals surface area contributed by atoms with Gasteiger partial charge in [0.2, 0.25) is 0 Å². The number of nitrogens with zero attached hydrogens (tertiary/aromatic N) is 1. The van der Waals surface area contributed by atoms with E-state index < -0.39 is 12.3 Å². The molecule has 1 aliphatic heterocycles. The molecule has 0 amide bonds. The fourth-order valence-electron chi connectivity index (χ4n) is 3.58. The Morgan fingerprint density at radius 2 is 1.45 bits per heavy atom. The molecule has 3 aromatic rings. The molecule has 4 rings (SSSR count). The molecule has 164 valence electrons. The number of anilines is 1. The van der Waals surface area contributed by atoms with Crippen molar-refractivity contribution in [2.75, 3.05) is 4.90 Å². The van der Waals surface area contributed by atoms with Gasteiger partial charge in [0.25, 0.3) is 0 Å². The molecule has 1 aliphatic rings. The maximum atomic E-state index is 12.9. The van der Waals surface area contributed by atoms with Crippen molar-refractivity contribution in [3.8, 4) is 5.75 Å². The number of aromatic hydroxyl groups is 1. The molecule has 1 saturated heterocycles. The van der Waals surface area contributed by atoms with Crippen LogP contribution in [0.3, 0.4) is 0 Å². The summed E-state index contributed by atoms with van der Waals surface area (Å²) in [4.78, 5) is 1.90. The van der Waals surface area contributed by atoms with E-state index in [4.69, 9.17) is 0 Å². The van der Waals surface area contributed by atoms with E-state index in [1.165, 1.54) is 24.3 Å². The molecule has 0 spiro atoms. The number of rotatable bonds is 5. The number of phenols is 1. The lowest BCUT2D eigenvalue weighted by atomic mass is 9.92. The molecular weight excluding hydrogens is 400 g/mol. The first-order valence-corrected chi connectivity index (χ1v) is 10.3. The average Bonchev–Trinajstić information content (AvgIpc) is 2.77. The van der Waals surface area contributed by atoms with Gasteiger partial charge in [-0.1, -0.05) is 31.2 Å². The van der Waals surface area contributed by atoms with Crippen LogP contribution in [0.1, 0.15) is 37.0 Å². The van der Waals surface area contributed by atoms with Crippen molar-refractivity contribution < 1.29 is 24.1 Å². The molecule has 1 fully saturated rings. The lowest BCUT2D eigenvalue weighted by Crippen LogP contribution is -2.57. The van der Waals surface area contributed by atoms with Gasteiger partial charge in [0.05, 0.1) is 6.10 Å². The van der Waals surface area contributed by atoms with Crippen LogP contribution in [0, 0.1) is 11.6 Å². The van der Waals surface area contributed by atoms with Crippen molar-refractivity contribution in [3.63, 3.8) is 0 Å². The first-order chi connectivity index (χ1) is 14.9. The first-order valence-electron chi connectivity index (χ1n) is 10.3. The second-order valence-electron chi connectivity index (χ2n) is 7.60. The molecule has 0 aliphatic carbocycles. The molecule has 0 aromatic heterocycles. The van der Waals surface area contributed by atoms with Crippen LogP contribution in [0.25, 0.3) is 0 Å². The van der Waals surface area contributed by atoms with Crippen LogP contribution in [0.2, 0.25) is 0 Å². The largest absolute Gasteiger partial charge is 0.508 e. The Labute approximate surface area is 181 Å². The van der Waals surface area contributed by atoms with Crippen molar-refractivity contribution in [1.82, 2.24) is 0 Å². The van der Waals surface area contributed by atoms with E-state index in [2.05, 4.69) is 0 Å². The number of hydrogen-bond donors (Lipinski definition) is 3. The van der Waals surface area contributed by atoms with E-state index in [-0.39, 0.29) is 23.4 Å². The van der Waals surface area contributed by atoms with E-state index in [9.17, 15) is 24.1 Å². The maximum Gasteiger partial charge on any atom is 0.129 e. The second kappa shape index (κ2) is 10.4. The molecule has 1 heterocycles. The van der Waals surface area contributed by atoms with Crippen molar-refractivity contribution in [1.29, 1.82) is 0 Å². The predicted octanol–water partition coefficient (Wildman–Crippen LogP) is 4.94. The van der Waals surface area contributed by atoms with E-state index in [0.717, 1.165) is 23.2 Å². The van der Waals surface area contributed by atoms with E-state index >= 15 is 0 Å². The Morgan fingerprint density at radius 3 is 1.97 bits per heavy atom. The molecule has 6 heteroatoms. The fraction of sp³-hybridized carbons (Fsp3) is 0.280. The quantitative estimate of drug-likeness (QED) is 0.540. The standard InChI is InChI=1S/C16H16FNO2.C9H11FO/c17-12-3-5-13(6-4-12)18-14(10-16(18)20)9-11-1-7-15(19)8-2-11;1-2-9(11)7-3-5-8(10)6-4-7/h1-8,14,16,19-20H,9-10H2;3-6,9,11H,2H2,1H3/t;9-/m.0/s1. The van der Waals surface area contributed by atoms with Crippen LogP contribution in [0.4, 0.5) is 14.5 Å². The van der Waals surface area contributed by atoms with Gasteiger partial charge in [-0.05, 0) is 72.5 Å². The molecular formula is C25H27F2NO3. The van der Waals surface area contributed by atoms with Crippen molar-refractivity contribution >= 4 is 5.69 Å². The third-order valence-electron chi connectivity index (χ3n) is 5.37. The monoisotopic (exact) mass is 427 g/mol. The Hall–Kier alpha value is -2.96. The van der Waals surface area contributed by atoms with Gasteiger partial charge >= 0.3 is 0 Å². The zero-order valence-electron chi connectivity index (χ0n) is 17.3. The Balaban J connectivity index is 0.000000210. The topological polar surface area (TPSA) is 63.9 Å². The minimum absolute atomic E-state index is 0.194. The first kappa shape index (κ1) is 22.7. The van der Waals surface area contributed by atoms with Crippen molar-refractivity contribution in [3.05, 3.63) is 95.6 Å². The minimum atomic E-state index is -0.512. The summed E-state index contributed by atoms with van der Waals surface area (Å²) in [7, 11) is 0. The van der Waals surface area contributed by atoms with Crippen LogP contribution >= 0.6 is 0 Å². The van der Waals surface area contributed by atoms with Gasteiger partial charge in [-0.2, -0.15) is 0 Å². The maximum absolute atomic E-state index is 12.9. The highest BCUT2D eigenvalue weighted by atomic mass is 19.1. The molecule has 3 atom stereocenters. The van der Waals surface area contributed by atoms with Crippen molar-refractivity contribution in [2.24, 2.45) is 0 Å². The lowest BCUT2D eigenvalue weighted by molar-refractivity contribution is 0.0784. The summed E-state index contributed by atoms with van der Waals surface area (Å²) in [6.45, 7) is 1.88. The highest BCUT2D eigenvalue weighted by molar-refractivity contribution is 5.51. The Bertz CT molecular complexity index is 946. The zero-order valence-corrected chi connectivity index (χ0v) is 17.3. The number of aliphatic hydroxyl groups is 2. The zero-order chi connectivity index (χ0) is 22.4.